The fourth-order valence-corrected chi connectivity index (χ4v) is 4.57. The molecule has 3 N–H and O–H groups in total. The molecule has 0 atom stereocenters. The molecule has 0 unspecified atom stereocenters. The topological polar surface area (TPSA) is 156 Å². The van der Waals surface area contributed by atoms with E-state index in [2.05, 4.69) is 35.9 Å². The molecular weight excluding hydrogens is 538 g/mol. The summed E-state index contributed by atoms with van der Waals surface area (Å²) >= 11 is 6.43. The highest BCUT2D eigenvalue weighted by Gasteiger charge is 2.19. The van der Waals surface area contributed by atoms with Gasteiger partial charge >= 0.3 is 6.01 Å². The van der Waals surface area contributed by atoms with Gasteiger partial charge in [-0.3, -0.25) is 14.3 Å². The maximum Gasteiger partial charge on any atom is 0.320 e. The van der Waals surface area contributed by atoms with Crippen molar-refractivity contribution in [2.24, 2.45) is 7.05 Å². The molecule has 2 amide bonds. The fraction of sp³-hybridized carbons (Fsp3) is 0.231. The summed E-state index contributed by atoms with van der Waals surface area (Å²) in [6, 6.07) is 6.82. The van der Waals surface area contributed by atoms with Gasteiger partial charge in [0.05, 0.1) is 42.2 Å². The first-order valence-electron chi connectivity index (χ1n) is 12.4. The molecular formula is C26H24ClN9O4. The third-order valence-corrected chi connectivity index (χ3v) is 6.77. The van der Waals surface area contributed by atoms with Gasteiger partial charge in [0.15, 0.2) is 0 Å². The molecule has 1 saturated heterocycles. The predicted octanol–water partition coefficient (Wildman–Crippen LogP) is 3.00. The summed E-state index contributed by atoms with van der Waals surface area (Å²) in [4.78, 5) is 34.1. The Morgan fingerprint density at radius 3 is 2.75 bits per heavy atom. The van der Waals surface area contributed by atoms with Gasteiger partial charge in [-0.25, -0.2) is 4.98 Å². The second-order valence-corrected chi connectivity index (χ2v) is 9.54. The fourth-order valence-electron chi connectivity index (χ4n) is 4.35. The molecule has 0 aliphatic carbocycles. The summed E-state index contributed by atoms with van der Waals surface area (Å²) < 4.78 is 12.8. The second kappa shape index (κ2) is 10.8. The van der Waals surface area contributed by atoms with Gasteiger partial charge in [-0.2, -0.15) is 5.10 Å². The summed E-state index contributed by atoms with van der Waals surface area (Å²) in [6.07, 6.45) is 7.21. The van der Waals surface area contributed by atoms with E-state index in [0.29, 0.717) is 48.8 Å². The predicted molar refractivity (Wildman–Crippen MR) is 146 cm³/mol. The Bertz CT molecular complexity index is 1700. The zero-order valence-corrected chi connectivity index (χ0v) is 22.1. The van der Waals surface area contributed by atoms with E-state index in [-0.39, 0.29) is 29.4 Å². The standard InChI is InChI=1S/C26H24ClN9O4/c1-35-14-17(11-31-35)16-8-18-19(12-29-23(18)28-10-16)25-33-34-26(40-25)32-21-3-2-15(9-20(21)27)24(38)30-13-22(37)36-4-6-39-7-5-36/h2-3,8-12,14H,4-7,13H2,1H3,(H,28,29)(H,30,38)(H,32,34). The maximum atomic E-state index is 12.6. The van der Waals surface area contributed by atoms with Crippen molar-refractivity contribution in [3.63, 3.8) is 0 Å². The lowest BCUT2D eigenvalue weighted by Gasteiger charge is -2.26. The number of fused-ring (bicyclic) bond motifs is 1. The highest BCUT2D eigenvalue weighted by atomic mass is 35.5. The summed E-state index contributed by atoms with van der Waals surface area (Å²) in [6.45, 7) is 1.92. The molecule has 13 nitrogen and oxygen atoms in total. The van der Waals surface area contributed by atoms with Crippen LogP contribution in [0.5, 0.6) is 0 Å². The number of hydrogen-bond donors (Lipinski definition) is 3. The number of halogens is 1. The minimum Gasteiger partial charge on any atom is -0.403 e. The highest BCUT2D eigenvalue weighted by Crippen LogP contribution is 2.32. The Hall–Kier alpha value is -4.75. The van der Waals surface area contributed by atoms with Gasteiger partial charge in [0.2, 0.25) is 5.91 Å². The Kier molecular flexibility index (Phi) is 6.88. The zero-order valence-electron chi connectivity index (χ0n) is 21.3. The number of carbonyl (C=O) groups excluding carboxylic acids is 2. The number of benzene rings is 1. The number of aromatic amines is 1. The lowest BCUT2D eigenvalue weighted by atomic mass is 10.1. The maximum absolute atomic E-state index is 12.6. The van der Waals surface area contributed by atoms with Gasteiger partial charge in [0.25, 0.3) is 11.8 Å². The summed E-state index contributed by atoms with van der Waals surface area (Å²) in [7, 11) is 1.86. The van der Waals surface area contributed by atoms with E-state index >= 15 is 0 Å². The number of ether oxygens (including phenoxy) is 1. The van der Waals surface area contributed by atoms with E-state index in [4.69, 9.17) is 20.8 Å². The van der Waals surface area contributed by atoms with Gasteiger partial charge in [0.1, 0.15) is 5.65 Å². The molecule has 1 aromatic carbocycles. The number of aromatic nitrogens is 6. The van der Waals surface area contributed by atoms with E-state index in [9.17, 15) is 9.59 Å². The Labute approximate surface area is 232 Å². The minimum atomic E-state index is -0.409. The van der Waals surface area contributed by atoms with Crippen LogP contribution in [0.2, 0.25) is 5.02 Å². The molecule has 40 heavy (non-hydrogen) atoms. The monoisotopic (exact) mass is 561 g/mol. The summed E-state index contributed by atoms with van der Waals surface area (Å²) in [5, 5.41) is 19.2. The SMILES string of the molecule is Cn1cc(-c2cnc3[nH]cc(-c4nnc(Nc5ccc(C(=O)NCC(=O)N6CCOCC6)cc5Cl)o4)c3c2)cn1. The van der Waals surface area contributed by atoms with Crippen LogP contribution in [0, 0.1) is 0 Å². The van der Waals surface area contributed by atoms with Crippen LogP contribution in [-0.2, 0) is 16.6 Å². The highest BCUT2D eigenvalue weighted by molar-refractivity contribution is 6.33. The average Bonchev–Trinajstić information content (AvgIpc) is 3.72. The summed E-state index contributed by atoms with van der Waals surface area (Å²) in [5.74, 6) is -0.280. The number of pyridine rings is 1. The van der Waals surface area contributed by atoms with Gasteiger partial charge in [-0.15, -0.1) is 5.10 Å². The quantitative estimate of drug-likeness (QED) is 0.272. The van der Waals surface area contributed by atoms with Crippen molar-refractivity contribution in [1.82, 2.24) is 40.2 Å². The molecule has 5 aromatic rings. The molecule has 1 aliphatic heterocycles. The number of nitrogens with zero attached hydrogens (tertiary/aromatic N) is 6. The number of rotatable bonds is 7. The second-order valence-electron chi connectivity index (χ2n) is 9.13. The van der Waals surface area contributed by atoms with Crippen molar-refractivity contribution in [2.45, 2.75) is 0 Å². The van der Waals surface area contributed by atoms with Crippen LogP contribution in [0.15, 0.2) is 53.5 Å². The summed E-state index contributed by atoms with van der Waals surface area (Å²) in [5.41, 5.74) is 4.00. The largest absolute Gasteiger partial charge is 0.403 e. The van der Waals surface area contributed by atoms with Gasteiger partial charge < -0.3 is 29.7 Å². The van der Waals surface area contributed by atoms with Crippen LogP contribution in [0.4, 0.5) is 11.7 Å². The Morgan fingerprint density at radius 1 is 1.12 bits per heavy atom. The number of anilines is 2. The molecule has 0 bridgehead atoms. The molecule has 1 fully saturated rings. The number of morpholine rings is 1. The van der Waals surface area contributed by atoms with Gasteiger partial charge in [-0.1, -0.05) is 16.7 Å². The van der Waals surface area contributed by atoms with Crippen LogP contribution in [0.25, 0.3) is 33.6 Å². The average molecular weight is 562 g/mol. The molecule has 0 spiro atoms. The van der Waals surface area contributed by atoms with Crippen LogP contribution in [0.3, 0.4) is 0 Å². The normalized spacial score (nSPS) is 13.5. The lowest BCUT2D eigenvalue weighted by molar-refractivity contribution is -0.134. The Balaban J connectivity index is 1.13. The number of carbonyl (C=O) groups is 2. The molecule has 14 heteroatoms. The number of aryl methyl sites for hydroxylation is 1. The first-order valence-corrected chi connectivity index (χ1v) is 12.8. The lowest BCUT2D eigenvalue weighted by Crippen LogP contribution is -2.45. The van der Waals surface area contributed by atoms with Crippen molar-refractivity contribution >= 4 is 46.2 Å². The third-order valence-electron chi connectivity index (χ3n) is 6.46. The molecule has 0 saturated carbocycles. The van der Waals surface area contributed by atoms with Crippen molar-refractivity contribution in [3.8, 4) is 22.6 Å². The number of hydrogen-bond acceptors (Lipinski definition) is 9. The van der Waals surface area contributed by atoms with Crippen molar-refractivity contribution in [3.05, 3.63) is 59.6 Å². The molecule has 0 radical (unpaired) electrons. The van der Waals surface area contributed by atoms with E-state index in [1.54, 1.807) is 40.3 Å². The van der Waals surface area contributed by atoms with E-state index in [1.165, 1.54) is 6.07 Å². The van der Waals surface area contributed by atoms with Crippen molar-refractivity contribution in [1.29, 1.82) is 0 Å². The first-order chi connectivity index (χ1) is 19.4. The molecule has 5 heterocycles. The van der Waals surface area contributed by atoms with E-state index < -0.39 is 5.91 Å². The van der Waals surface area contributed by atoms with Gasteiger partial charge in [0, 0.05) is 60.8 Å². The van der Waals surface area contributed by atoms with Crippen LogP contribution >= 0.6 is 11.6 Å². The van der Waals surface area contributed by atoms with Crippen molar-refractivity contribution < 1.29 is 18.7 Å². The van der Waals surface area contributed by atoms with Crippen molar-refractivity contribution in [2.75, 3.05) is 38.2 Å². The number of H-pyrrole nitrogens is 1. The number of amides is 2. The van der Waals surface area contributed by atoms with Gasteiger partial charge in [-0.05, 0) is 24.3 Å². The molecule has 1 aliphatic rings. The third kappa shape index (κ3) is 5.24. The molecule has 6 rings (SSSR count). The molecule has 204 valence electrons. The minimum absolute atomic E-state index is 0.103. The Morgan fingerprint density at radius 2 is 1.98 bits per heavy atom. The smallest absolute Gasteiger partial charge is 0.320 e. The zero-order chi connectivity index (χ0) is 27.6. The number of nitrogens with one attached hydrogen (secondary N) is 3. The van der Waals surface area contributed by atoms with Crippen LogP contribution in [0.1, 0.15) is 10.4 Å². The van der Waals surface area contributed by atoms with Crippen LogP contribution < -0.4 is 10.6 Å². The van der Waals surface area contributed by atoms with Crippen LogP contribution in [-0.4, -0.2) is 79.5 Å². The molecule has 4 aromatic heterocycles. The van der Waals surface area contributed by atoms with E-state index in [1.807, 2.05) is 19.3 Å². The first kappa shape index (κ1) is 25.5. The van der Waals surface area contributed by atoms with E-state index in [0.717, 1.165) is 16.5 Å².